The number of morpholine rings is 1. The summed E-state index contributed by atoms with van der Waals surface area (Å²) in [5.41, 5.74) is 0. The first-order chi connectivity index (χ1) is 5.87. The Labute approximate surface area is 125 Å². The number of hydrogen-bond donors (Lipinski definition) is 0. The van der Waals surface area contributed by atoms with E-state index in [2.05, 4.69) is 0 Å². The van der Waals surface area contributed by atoms with Crippen LogP contribution in [-0.4, -0.2) is 43.6 Å². The van der Waals surface area contributed by atoms with Crippen LogP contribution in [0.4, 0.5) is 12.9 Å². The van der Waals surface area contributed by atoms with Crippen LogP contribution in [0.2, 0.25) is 0 Å². The van der Waals surface area contributed by atoms with Gasteiger partial charge >= 0.3 is 58.4 Å². The van der Waals surface area contributed by atoms with Gasteiger partial charge in [-0.05, 0) is 20.3 Å². The van der Waals surface area contributed by atoms with Crippen molar-refractivity contribution < 1.29 is 69.1 Å². The number of ether oxygens (including phenoxy) is 1. The van der Waals surface area contributed by atoms with E-state index in [1.165, 1.54) is 4.90 Å². The zero-order valence-electron chi connectivity index (χ0n) is 8.84. The minimum absolute atomic E-state index is 0. The average Bonchev–Trinajstić information content (AvgIpc) is 1.78. The van der Waals surface area contributed by atoms with Gasteiger partial charge in [-0.3, -0.25) is 0 Å². The Morgan fingerprint density at radius 1 is 1.21 bits per heavy atom. The van der Waals surface area contributed by atoms with E-state index in [1.807, 2.05) is 0 Å². The van der Waals surface area contributed by atoms with Crippen molar-refractivity contribution in [2.24, 2.45) is 0 Å². The average molecular weight is 235 g/mol. The van der Waals surface area contributed by atoms with Gasteiger partial charge in [0.2, 0.25) is 0 Å². The van der Waals surface area contributed by atoms with E-state index in [1.54, 1.807) is 13.8 Å². The summed E-state index contributed by atoms with van der Waals surface area (Å²) in [4.78, 5) is 1.42. The third-order valence-corrected chi connectivity index (χ3v) is 1.96. The second-order valence-electron chi connectivity index (χ2n) is 3.69. The smallest absolute Gasteiger partial charge is 0.448 e. The predicted octanol–water partition coefficient (Wildman–Crippen LogP) is -1.51. The quantitative estimate of drug-likeness (QED) is 0.539. The number of nitrogens with zero attached hydrogens (tertiary/aromatic N) is 1. The fraction of sp³-hybridized carbons (Fsp3) is 1.00. The van der Waals surface area contributed by atoms with Crippen molar-refractivity contribution in [3.63, 3.8) is 0 Å². The van der Waals surface area contributed by atoms with Crippen LogP contribution in [0.3, 0.4) is 0 Å². The van der Waals surface area contributed by atoms with Gasteiger partial charge in [0.1, 0.15) is 0 Å². The first-order valence-electron chi connectivity index (χ1n) is 4.45. The molecule has 0 unspecified atom stereocenters. The maximum Gasteiger partial charge on any atom is 1.00 e. The summed E-state index contributed by atoms with van der Waals surface area (Å²) in [6, 6.07) is 0. The van der Waals surface area contributed by atoms with Gasteiger partial charge in [0.05, 0.1) is 12.2 Å². The van der Waals surface area contributed by atoms with Crippen LogP contribution < -0.4 is 51.4 Å². The topological polar surface area (TPSA) is 12.5 Å². The summed E-state index contributed by atoms with van der Waals surface area (Å²) in [6.07, 6.45) is -0.957. The second kappa shape index (κ2) is 6.22. The maximum atomic E-state index is 12.1. The third kappa shape index (κ3) is 6.09. The van der Waals surface area contributed by atoms with Gasteiger partial charge in [-0.15, -0.1) is 0 Å². The molecule has 2 atom stereocenters. The van der Waals surface area contributed by atoms with Crippen molar-refractivity contribution in [3.8, 4) is 0 Å². The van der Waals surface area contributed by atoms with Crippen LogP contribution in [0.5, 0.6) is 0 Å². The SMILES string of the molecule is C[C@@H]1CN(C[B-](F)(F)F)C[C@H](C)O1.[K+]. The molecule has 0 spiro atoms. The van der Waals surface area contributed by atoms with Crippen molar-refractivity contribution in [1.29, 1.82) is 0 Å². The molecule has 1 saturated heterocycles. The van der Waals surface area contributed by atoms with Crippen LogP contribution in [0, 0.1) is 0 Å². The summed E-state index contributed by atoms with van der Waals surface area (Å²) >= 11 is 0. The Morgan fingerprint density at radius 3 is 2.00 bits per heavy atom. The van der Waals surface area contributed by atoms with Crippen molar-refractivity contribution in [3.05, 3.63) is 0 Å². The van der Waals surface area contributed by atoms with E-state index in [0.29, 0.717) is 13.1 Å². The van der Waals surface area contributed by atoms with E-state index in [-0.39, 0.29) is 63.6 Å². The molecule has 7 heteroatoms. The van der Waals surface area contributed by atoms with Crippen molar-refractivity contribution >= 4 is 6.98 Å². The van der Waals surface area contributed by atoms with Gasteiger partial charge in [-0.1, -0.05) is 0 Å². The zero-order chi connectivity index (χ0) is 10.1. The van der Waals surface area contributed by atoms with Crippen LogP contribution in [0.15, 0.2) is 0 Å². The number of rotatable bonds is 2. The number of hydrogen-bond acceptors (Lipinski definition) is 2. The van der Waals surface area contributed by atoms with E-state index >= 15 is 0 Å². The molecule has 78 valence electrons. The predicted molar refractivity (Wildman–Crippen MR) is 45.5 cm³/mol. The van der Waals surface area contributed by atoms with E-state index in [4.69, 9.17) is 4.74 Å². The van der Waals surface area contributed by atoms with Gasteiger partial charge in [-0.25, -0.2) is 0 Å². The Balaban J connectivity index is 0.00000169. The Hall–Kier alpha value is 1.41. The zero-order valence-corrected chi connectivity index (χ0v) is 12.0. The van der Waals surface area contributed by atoms with Crippen LogP contribution >= 0.6 is 0 Å². The Bertz CT molecular complexity index is 171. The largest absolute Gasteiger partial charge is 1.00 e. The molecule has 0 saturated carbocycles. The molecule has 14 heavy (non-hydrogen) atoms. The first kappa shape index (κ1) is 15.4. The van der Waals surface area contributed by atoms with Crippen LogP contribution in [0.25, 0.3) is 0 Å². The summed E-state index contributed by atoms with van der Waals surface area (Å²) < 4.78 is 41.6. The monoisotopic (exact) mass is 235 g/mol. The second-order valence-corrected chi connectivity index (χ2v) is 3.69. The van der Waals surface area contributed by atoms with Crippen molar-refractivity contribution in [1.82, 2.24) is 4.90 Å². The van der Waals surface area contributed by atoms with Gasteiger partial charge in [-0.2, -0.15) is 0 Å². The molecule has 0 amide bonds. The molecule has 0 aromatic heterocycles. The summed E-state index contributed by atoms with van der Waals surface area (Å²) in [7, 11) is 0. The summed E-state index contributed by atoms with van der Waals surface area (Å²) in [5.74, 6) is 0. The minimum atomic E-state index is -4.70. The fourth-order valence-corrected chi connectivity index (χ4v) is 1.73. The van der Waals surface area contributed by atoms with Crippen LogP contribution in [0.1, 0.15) is 13.8 Å². The van der Waals surface area contributed by atoms with Crippen molar-refractivity contribution in [2.75, 3.05) is 19.5 Å². The molecule has 1 heterocycles. The molecule has 0 radical (unpaired) electrons. The van der Waals surface area contributed by atoms with Crippen molar-refractivity contribution in [2.45, 2.75) is 26.1 Å². The fourth-order valence-electron chi connectivity index (χ4n) is 1.73. The van der Waals surface area contributed by atoms with Gasteiger partial charge in [0.15, 0.2) is 0 Å². The molecule has 0 N–H and O–H groups in total. The summed E-state index contributed by atoms with van der Waals surface area (Å²) in [5, 5.41) is 0. The molecule has 0 aliphatic carbocycles. The number of halogens is 3. The van der Waals surface area contributed by atoms with E-state index in [9.17, 15) is 12.9 Å². The Morgan fingerprint density at radius 2 is 1.64 bits per heavy atom. The van der Waals surface area contributed by atoms with Crippen LogP contribution in [-0.2, 0) is 4.74 Å². The standard InChI is InChI=1S/C7H14BF3NO.K/c1-6-3-12(4-7(2)13-6)5-8(9,10)11;/h6-7H,3-5H2,1-2H3;/q-1;+1/t6-,7+;. The molecular weight excluding hydrogens is 221 g/mol. The molecule has 0 aromatic rings. The molecular formula is C7H14BF3KNO. The van der Waals surface area contributed by atoms with E-state index in [0.717, 1.165) is 0 Å². The molecule has 0 aromatic carbocycles. The van der Waals surface area contributed by atoms with Gasteiger partial charge in [0, 0.05) is 13.1 Å². The normalized spacial score (nSPS) is 29.8. The van der Waals surface area contributed by atoms with E-state index < -0.39 is 13.4 Å². The Kier molecular flexibility index (Phi) is 6.85. The third-order valence-electron chi connectivity index (χ3n) is 1.96. The molecule has 1 fully saturated rings. The van der Waals surface area contributed by atoms with Gasteiger partial charge in [0.25, 0.3) is 0 Å². The maximum absolute atomic E-state index is 12.1. The molecule has 1 aliphatic rings. The molecule has 1 rings (SSSR count). The molecule has 2 nitrogen and oxygen atoms in total. The molecule has 0 bridgehead atoms. The minimum Gasteiger partial charge on any atom is -0.448 e. The first-order valence-corrected chi connectivity index (χ1v) is 4.45. The van der Waals surface area contributed by atoms with Gasteiger partial charge < -0.3 is 22.6 Å². The summed E-state index contributed by atoms with van der Waals surface area (Å²) in [6.45, 7) is -0.344. The molecule has 1 aliphatic heterocycles.